The fourth-order valence-corrected chi connectivity index (χ4v) is 3.96. The van der Waals surface area contributed by atoms with Crippen LogP contribution in [-0.2, 0) is 6.54 Å². The molecule has 0 saturated carbocycles. The number of phenols is 1. The summed E-state index contributed by atoms with van der Waals surface area (Å²) < 4.78 is 0.946. The van der Waals surface area contributed by atoms with E-state index in [1.54, 1.807) is 48.7 Å². The minimum atomic E-state index is -0.209. The number of pyridine rings is 1. The van der Waals surface area contributed by atoms with Gasteiger partial charge in [0, 0.05) is 16.6 Å². The Balaban J connectivity index is 1.74. The molecule has 2 heterocycles. The second-order valence-corrected chi connectivity index (χ2v) is 7.60. The zero-order valence-corrected chi connectivity index (χ0v) is 17.3. The average Bonchev–Trinajstić information content (AvgIpc) is 3.04. The Morgan fingerprint density at radius 2 is 2.10 bits per heavy atom. The molecule has 154 valence electrons. The fourth-order valence-electron chi connectivity index (χ4n) is 2.87. The van der Waals surface area contributed by atoms with Gasteiger partial charge in [-0.3, -0.25) is 9.78 Å². The molecule has 0 aliphatic heterocycles. The van der Waals surface area contributed by atoms with Gasteiger partial charge in [0.1, 0.15) is 11.6 Å². The van der Waals surface area contributed by atoms with Gasteiger partial charge < -0.3 is 27.2 Å². The van der Waals surface area contributed by atoms with Crippen LogP contribution in [0.1, 0.15) is 20.9 Å². The number of carbonyl (C=O) groups excluding carboxylic acids is 1. The number of hydrogen-bond acceptors (Lipinski definition) is 7. The average molecular weight is 422 g/mol. The third-order valence-electron chi connectivity index (χ3n) is 4.37. The van der Waals surface area contributed by atoms with E-state index in [-0.39, 0.29) is 17.5 Å². The first-order valence-electron chi connectivity index (χ1n) is 9.15. The number of aromatic hydroxyl groups is 1. The zero-order chi connectivity index (χ0) is 21.7. The second kappa shape index (κ2) is 9.15. The van der Waals surface area contributed by atoms with E-state index in [0.717, 1.165) is 15.6 Å². The molecule has 0 bridgehead atoms. The molecule has 0 fully saturated rings. The van der Waals surface area contributed by atoms with E-state index in [9.17, 15) is 9.90 Å². The van der Waals surface area contributed by atoms with E-state index < -0.39 is 0 Å². The number of allylic oxidation sites excluding steroid dienone is 3. The molecule has 7 nitrogen and oxygen atoms in total. The van der Waals surface area contributed by atoms with Crippen molar-refractivity contribution in [2.75, 3.05) is 5.32 Å². The highest BCUT2D eigenvalue weighted by atomic mass is 32.1. The second-order valence-electron chi connectivity index (χ2n) is 6.54. The van der Waals surface area contributed by atoms with Crippen molar-refractivity contribution in [3.63, 3.8) is 0 Å². The van der Waals surface area contributed by atoms with Crippen molar-refractivity contribution in [1.82, 2.24) is 10.3 Å². The van der Waals surface area contributed by atoms with Gasteiger partial charge in [0.05, 0.1) is 22.8 Å². The Bertz CT molecular complexity index is 1160. The first kappa shape index (κ1) is 20.9. The van der Waals surface area contributed by atoms with E-state index in [1.807, 2.05) is 13.0 Å². The fraction of sp³-hybridized carbons (Fsp3) is 0.0909. The van der Waals surface area contributed by atoms with Crippen molar-refractivity contribution in [3.8, 4) is 5.75 Å². The van der Waals surface area contributed by atoms with Gasteiger partial charge >= 0.3 is 0 Å². The smallest absolute Gasteiger partial charge is 0.266 e. The maximum Gasteiger partial charge on any atom is 0.266 e. The van der Waals surface area contributed by atoms with Crippen LogP contribution in [0, 0.1) is 6.92 Å². The number of nitrogens with one attached hydrogen (secondary N) is 2. The number of nitrogens with zero attached hydrogens (tertiary/aromatic N) is 1. The molecule has 0 unspecified atom stereocenters. The Morgan fingerprint density at radius 3 is 2.83 bits per heavy atom. The summed E-state index contributed by atoms with van der Waals surface area (Å²) in [4.78, 5) is 17.7. The number of nitrogens with two attached hydrogens (primary N) is 2. The van der Waals surface area contributed by atoms with Crippen molar-refractivity contribution in [3.05, 3.63) is 89.0 Å². The van der Waals surface area contributed by atoms with Crippen LogP contribution < -0.4 is 22.1 Å². The minimum Gasteiger partial charge on any atom is -0.508 e. The summed E-state index contributed by atoms with van der Waals surface area (Å²) in [7, 11) is 0. The van der Waals surface area contributed by atoms with Crippen LogP contribution in [0.3, 0.4) is 0 Å². The van der Waals surface area contributed by atoms with Crippen molar-refractivity contribution in [1.29, 1.82) is 0 Å². The topological polar surface area (TPSA) is 126 Å². The van der Waals surface area contributed by atoms with Crippen molar-refractivity contribution >= 4 is 33.0 Å². The number of anilines is 1. The summed E-state index contributed by atoms with van der Waals surface area (Å²) in [5, 5.41) is 16.6. The Labute approximate surface area is 178 Å². The number of carbonyl (C=O) groups is 1. The molecular formula is C22H23N5O2S. The van der Waals surface area contributed by atoms with Crippen molar-refractivity contribution in [2.45, 2.75) is 13.5 Å². The number of aryl methyl sites for hydroxylation is 1. The molecule has 1 amide bonds. The van der Waals surface area contributed by atoms with Crippen LogP contribution >= 0.6 is 11.3 Å². The Morgan fingerprint density at radius 1 is 1.30 bits per heavy atom. The van der Waals surface area contributed by atoms with Crippen molar-refractivity contribution in [2.24, 2.45) is 11.5 Å². The molecule has 3 aromatic rings. The first-order chi connectivity index (χ1) is 14.4. The highest BCUT2D eigenvalue weighted by Gasteiger charge is 2.16. The Hall–Kier alpha value is -3.78. The number of amides is 1. The van der Waals surface area contributed by atoms with Gasteiger partial charge in [-0.15, -0.1) is 11.3 Å². The van der Waals surface area contributed by atoms with Crippen LogP contribution in [0.2, 0.25) is 0 Å². The number of rotatable bonds is 7. The number of aromatic nitrogens is 1. The molecule has 0 spiro atoms. The van der Waals surface area contributed by atoms with E-state index in [1.165, 1.54) is 11.3 Å². The summed E-state index contributed by atoms with van der Waals surface area (Å²) in [6, 6.07) is 8.60. The summed E-state index contributed by atoms with van der Waals surface area (Å²) in [6.45, 7) is 5.86. The van der Waals surface area contributed by atoms with Gasteiger partial charge in [-0.05, 0) is 54.3 Å². The number of thiophene rings is 1. The van der Waals surface area contributed by atoms with E-state index in [0.29, 0.717) is 28.5 Å². The molecule has 1 aromatic carbocycles. The lowest BCUT2D eigenvalue weighted by molar-refractivity contribution is 0.103. The van der Waals surface area contributed by atoms with Crippen molar-refractivity contribution < 1.29 is 9.90 Å². The standard InChI is InChI=1S/C22H23N5O2S/c1-3-4-5-18(21(23)24)26-12-15-10-14(8-9-25-15)27-22(29)20-13(2)17-11-16(28)6-7-19(17)30-20/h3-11,26,28H,1,12,23-24H2,2H3,(H,25,27,29)/b5-4-. The molecule has 3 rings (SSSR count). The third-order valence-corrected chi connectivity index (χ3v) is 5.64. The molecule has 8 heteroatoms. The molecule has 0 aliphatic carbocycles. The summed E-state index contributed by atoms with van der Waals surface area (Å²) >= 11 is 1.39. The molecule has 0 aliphatic rings. The number of fused-ring (bicyclic) bond motifs is 1. The van der Waals surface area contributed by atoms with Crippen LogP contribution in [0.15, 0.2) is 72.9 Å². The molecule has 0 radical (unpaired) electrons. The van der Waals surface area contributed by atoms with Crippen LogP contribution in [-0.4, -0.2) is 16.0 Å². The third kappa shape index (κ3) is 4.79. The zero-order valence-electron chi connectivity index (χ0n) is 16.5. The van der Waals surface area contributed by atoms with Gasteiger partial charge in [0.2, 0.25) is 0 Å². The summed E-state index contributed by atoms with van der Waals surface area (Å²) in [5.74, 6) is 0.124. The van der Waals surface area contributed by atoms with Gasteiger partial charge in [-0.1, -0.05) is 18.7 Å². The first-order valence-corrected chi connectivity index (χ1v) is 9.97. The number of hydrogen-bond donors (Lipinski definition) is 5. The van der Waals surface area contributed by atoms with Gasteiger partial charge in [0.15, 0.2) is 0 Å². The van der Waals surface area contributed by atoms with Crippen LogP contribution in [0.4, 0.5) is 5.69 Å². The monoisotopic (exact) mass is 421 g/mol. The SMILES string of the molecule is C=C/C=C\C(NCc1cc(NC(=O)c2sc3ccc(O)cc3c2C)ccn1)=C(N)N. The van der Waals surface area contributed by atoms with Gasteiger partial charge in [-0.2, -0.15) is 0 Å². The van der Waals surface area contributed by atoms with Crippen LogP contribution in [0.5, 0.6) is 5.75 Å². The van der Waals surface area contributed by atoms with E-state index in [2.05, 4.69) is 22.2 Å². The minimum absolute atomic E-state index is 0.156. The lowest BCUT2D eigenvalue weighted by atomic mass is 10.1. The van der Waals surface area contributed by atoms with Gasteiger partial charge in [-0.25, -0.2) is 0 Å². The predicted molar refractivity (Wildman–Crippen MR) is 122 cm³/mol. The molecule has 30 heavy (non-hydrogen) atoms. The largest absolute Gasteiger partial charge is 0.508 e. The highest BCUT2D eigenvalue weighted by molar-refractivity contribution is 7.21. The highest BCUT2D eigenvalue weighted by Crippen LogP contribution is 2.33. The van der Waals surface area contributed by atoms with Gasteiger partial charge in [0.25, 0.3) is 5.91 Å². The lowest BCUT2D eigenvalue weighted by Crippen LogP contribution is -2.22. The van der Waals surface area contributed by atoms with E-state index in [4.69, 9.17) is 11.5 Å². The summed E-state index contributed by atoms with van der Waals surface area (Å²) in [5.41, 5.74) is 14.1. The molecule has 2 aromatic heterocycles. The quantitative estimate of drug-likeness (QED) is 0.372. The molecular weight excluding hydrogens is 398 g/mol. The summed E-state index contributed by atoms with van der Waals surface area (Å²) in [6.07, 6.45) is 6.68. The lowest BCUT2D eigenvalue weighted by Gasteiger charge is -2.10. The Kier molecular flexibility index (Phi) is 6.38. The molecule has 0 atom stereocenters. The maximum absolute atomic E-state index is 12.8. The number of phenolic OH excluding ortho intramolecular Hbond substituents is 1. The molecule has 0 saturated heterocycles. The maximum atomic E-state index is 12.8. The van der Waals surface area contributed by atoms with E-state index >= 15 is 0 Å². The molecule has 7 N–H and O–H groups in total. The normalized spacial score (nSPS) is 10.8. The van der Waals surface area contributed by atoms with Crippen LogP contribution in [0.25, 0.3) is 10.1 Å². The number of benzene rings is 1. The predicted octanol–water partition coefficient (Wildman–Crippen LogP) is 3.48.